The molecule has 4 saturated carbocycles. The van der Waals surface area contributed by atoms with Gasteiger partial charge >= 0.3 is 0 Å². The normalized spacial score (nSPS) is 31.2. The van der Waals surface area contributed by atoms with E-state index in [1.54, 1.807) is 11.3 Å². The standard InChI is InChI=1S/C22H21N5S/c1-2-4-17-16(3-1)5-6-18(23-17)19-26-27-20(24-25-21(27)28-19)22-10-13-7-14(11-22)9-15(8-13)12-22/h1-6,13-15H,7-12H2. The molecule has 0 spiro atoms. The third kappa shape index (κ3) is 2.12. The van der Waals surface area contributed by atoms with Crippen LogP contribution in [0.5, 0.6) is 0 Å². The summed E-state index contributed by atoms with van der Waals surface area (Å²) in [6, 6.07) is 12.4. The SMILES string of the molecule is c1ccc2nc(-c3nn4c(C56CC7CC(CC(C7)C5)C6)nnc4s3)ccc2c1. The molecule has 0 radical (unpaired) electrons. The Kier molecular flexibility index (Phi) is 2.99. The Bertz CT molecular complexity index is 1190. The average Bonchev–Trinajstić information content (AvgIpc) is 3.27. The highest BCUT2D eigenvalue weighted by molar-refractivity contribution is 7.19. The summed E-state index contributed by atoms with van der Waals surface area (Å²) in [6.45, 7) is 0. The summed E-state index contributed by atoms with van der Waals surface area (Å²) in [6.07, 6.45) is 8.14. The molecule has 3 aromatic heterocycles. The Balaban J connectivity index is 1.34. The zero-order valence-corrected chi connectivity index (χ0v) is 16.4. The summed E-state index contributed by atoms with van der Waals surface area (Å²) in [5, 5.41) is 16.2. The van der Waals surface area contributed by atoms with Crippen molar-refractivity contribution in [1.29, 1.82) is 0 Å². The van der Waals surface area contributed by atoms with E-state index in [1.807, 2.05) is 16.6 Å². The summed E-state index contributed by atoms with van der Waals surface area (Å²) in [5.74, 6) is 3.78. The highest BCUT2D eigenvalue weighted by Crippen LogP contribution is 2.60. The molecule has 4 aliphatic carbocycles. The Morgan fingerprint density at radius 3 is 2.43 bits per heavy atom. The van der Waals surface area contributed by atoms with Crippen LogP contribution < -0.4 is 0 Å². The average molecular weight is 388 g/mol. The molecule has 140 valence electrons. The summed E-state index contributed by atoms with van der Waals surface area (Å²) in [4.78, 5) is 5.73. The molecule has 4 aliphatic rings. The van der Waals surface area contributed by atoms with E-state index in [-0.39, 0.29) is 5.41 Å². The summed E-state index contributed by atoms with van der Waals surface area (Å²) in [5.41, 5.74) is 2.13. The van der Waals surface area contributed by atoms with Crippen molar-refractivity contribution in [3.63, 3.8) is 0 Å². The first-order valence-electron chi connectivity index (χ1n) is 10.3. The van der Waals surface area contributed by atoms with E-state index in [1.165, 1.54) is 38.5 Å². The van der Waals surface area contributed by atoms with Gasteiger partial charge in [0, 0.05) is 10.8 Å². The van der Waals surface area contributed by atoms with E-state index in [2.05, 4.69) is 34.5 Å². The van der Waals surface area contributed by atoms with Crippen LogP contribution in [0, 0.1) is 17.8 Å². The van der Waals surface area contributed by atoms with Crippen LogP contribution in [0.15, 0.2) is 36.4 Å². The van der Waals surface area contributed by atoms with Crippen molar-refractivity contribution in [2.24, 2.45) is 17.8 Å². The highest BCUT2D eigenvalue weighted by Gasteiger charge is 2.54. The van der Waals surface area contributed by atoms with E-state index < -0.39 is 0 Å². The maximum Gasteiger partial charge on any atom is 0.235 e. The second-order valence-corrected chi connectivity index (χ2v) is 10.2. The van der Waals surface area contributed by atoms with Crippen LogP contribution in [-0.2, 0) is 5.41 Å². The highest BCUT2D eigenvalue weighted by atomic mass is 32.1. The van der Waals surface area contributed by atoms with Crippen molar-refractivity contribution in [2.75, 3.05) is 0 Å². The second-order valence-electron chi connectivity index (χ2n) is 9.21. The molecule has 5 nitrogen and oxygen atoms in total. The predicted octanol–water partition coefficient (Wildman–Crippen LogP) is 4.87. The summed E-state index contributed by atoms with van der Waals surface area (Å²) in [7, 11) is 0. The monoisotopic (exact) mass is 387 g/mol. The van der Waals surface area contributed by atoms with Crippen molar-refractivity contribution >= 4 is 27.2 Å². The first kappa shape index (κ1) is 15.6. The van der Waals surface area contributed by atoms with E-state index in [4.69, 9.17) is 10.1 Å². The molecule has 6 heteroatoms. The lowest BCUT2D eigenvalue weighted by atomic mass is 9.49. The van der Waals surface area contributed by atoms with Gasteiger partial charge in [0.05, 0.1) is 5.52 Å². The molecule has 0 N–H and O–H groups in total. The van der Waals surface area contributed by atoms with Crippen LogP contribution in [0.4, 0.5) is 0 Å². The summed E-state index contributed by atoms with van der Waals surface area (Å²) >= 11 is 1.60. The molecule has 28 heavy (non-hydrogen) atoms. The second kappa shape index (κ2) is 5.38. The lowest BCUT2D eigenvalue weighted by molar-refractivity contribution is -0.0103. The van der Waals surface area contributed by atoms with Crippen molar-refractivity contribution in [3.05, 3.63) is 42.2 Å². The Hall–Kier alpha value is -2.34. The largest absolute Gasteiger partial charge is 0.245 e. The number of pyridine rings is 1. The predicted molar refractivity (Wildman–Crippen MR) is 109 cm³/mol. The van der Waals surface area contributed by atoms with E-state index >= 15 is 0 Å². The summed E-state index contributed by atoms with van der Waals surface area (Å²) < 4.78 is 2.05. The first-order valence-corrected chi connectivity index (χ1v) is 11.2. The smallest absolute Gasteiger partial charge is 0.235 e. The van der Waals surface area contributed by atoms with Crippen LogP contribution in [0.25, 0.3) is 26.6 Å². The van der Waals surface area contributed by atoms with E-state index in [9.17, 15) is 0 Å². The number of nitrogens with zero attached hydrogens (tertiary/aromatic N) is 5. The Labute approximate surface area is 166 Å². The van der Waals surface area contributed by atoms with Gasteiger partial charge in [0.1, 0.15) is 5.69 Å². The van der Waals surface area contributed by atoms with Crippen LogP contribution in [0.2, 0.25) is 0 Å². The van der Waals surface area contributed by atoms with Gasteiger partial charge in [-0.05, 0) is 68.4 Å². The molecular weight excluding hydrogens is 366 g/mol. The quantitative estimate of drug-likeness (QED) is 0.492. The zero-order chi connectivity index (χ0) is 18.3. The zero-order valence-electron chi connectivity index (χ0n) is 15.6. The molecule has 8 rings (SSSR count). The maximum atomic E-state index is 4.95. The van der Waals surface area contributed by atoms with Gasteiger partial charge in [-0.1, -0.05) is 35.6 Å². The first-order chi connectivity index (χ1) is 13.8. The minimum absolute atomic E-state index is 0.205. The third-order valence-electron chi connectivity index (χ3n) is 7.32. The lowest BCUT2D eigenvalue weighted by Crippen LogP contribution is -2.49. The minimum Gasteiger partial charge on any atom is -0.245 e. The number of fused-ring (bicyclic) bond motifs is 2. The molecule has 4 aromatic rings. The fraction of sp³-hybridized carbons (Fsp3) is 0.455. The van der Waals surface area contributed by atoms with Crippen LogP contribution in [-0.4, -0.2) is 24.8 Å². The molecule has 4 fully saturated rings. The van der Waals surface area contributed by atoms with Gasteiger partial charge in [-0.2, -0.15) is 9.61 Å². The van der Waals surface area contributed by atoms with Gasteiger partial charge < -0.3 is 0 Å². The molecular formula is C22H21N5S. The fourth-order valence-electron chi connectivity index (χ4n) is 6.62. The number of aromatic nitrogens is 5. The van der Waals surface area contributed by atoms with Gasteiger partial charge in [-0.3, -0.25) is 0 Å². The Morgan fingerprint density at radius 2 is 1.64 bits per heavy atom. The van der Waals surface area contributed by atoms with Crippen LogP contribution >= 0.6 is 11.3 Å². The Morgan fingerprint density at radius 1 is 0.893 bits per heavy atom. The molecule has 0 atom stereocenters. The molecule has 1 aromatic carbocycles. The molecule has 3 heterocycles. The number of hydrogen-bond donors (Lipinski definition) is 0. The van der Waals surface area contributed by atoms with Crippen LogP contribution in [0.3, 0.4) is 0 Å². The third-order valence-corrected chi connectivity index (χ3v) is 8.24. The van der Waals surface area contributed by atoms with Gasteiger partial charge in [-0.15, -0.1) is 10.2 Å². The number of para-hydroxylation sites is 1. The molecule has 0 aliphatic heterocycles. The number of benzene rings is 1. The number of rotatable bonds is 2. The van der Waals surface area contributed by atoms with E-state index in [0.717, 1.165) is 50.1 Å². The van der Waals surface area contributed by atoms with Gasteiger partial charge in [-0.25, -0.2) is 4.98 Å². The molecule has 4 bridgehead atoms. The fourth-order valence-corrected chi connectivity index (χ4v) is 7.43. The van der Waals surface area contributed by atoms with E-state index in [0.29, 0.717) is 0 Å². The van der Waals surface area contributed by atoms with Crippen molar-refractivity contribution in [3.8, 4) is 10.7 Å². The molecule has 0 saturated heterocycles. The van der Waals surface area contributed by atoms with Gasteiger partial charge in [0.25, 0.3) is 0 Å². The van der Waals surface area contributed by atoms with Gasteiger partial charge in [0.15, 0.2) is 10.8 Å². The maximum absolute atomic E-state index is 4.95. The minimum atomic E-state index is 0.205. The van der Waals surface area contributed by atoms with Crippen molar-refractivity contribution in [2.45, 2.75) is 43.9 Å². The lowest BCUT2D eigenvalue weighted by Gasteiger charge is -2.55. The number of hydrogen-bond acceptors (Lipinski definition) is 5. The molecule has 0 unspecified atom stereocenters. The topological polar surface area (TPSA) is 56.0 Å². The van der Waals surface area contributed by atoms with Crippen LogP contribution in [0.1, 0.15) is 44.3 Å². The molecule has 0 amide bonds. The van der Waals surface area contributed by atoms with Crippen molar-refractivity contribution < 1.29 is 0 Å². The van der Waals surface area contributed by atoms with Crippen molar-refractivity contribution in [1.82, 2.24) is 24.8 Å². The van der Waals surface area contributed by atoms with Gasteiger partial charge in [0.2, 0.25) is 4.96 Å².